The maximum atomic E-state index is 12.4. The molecule has 2 aromatic rings. The van der Waals surface area contributed by atoms with Crippen molar-refractivity contribution in [3.05, 3.63) is 56.7 Å². The van der Waals surface area contributed by atoms with E-state index in [1.807, 2.05) is 0 Å². The Labute approximate surface area is 132 Å². The van der Waals surface area contributed by atoms with Gasteiger partial charge in [0.05, 0.1) is 6.04 Å². The van der Waals surface area contributed by atoms with Gasteiger partial charge in [-0.1, -0.05) is 17.7 Å². The molecule has 10 heteroatoms. The SMILES string of the molecule is C[C@@H](NC(=O)c1cc(Cl)n[nH]c1=O)c1ccc(C(F)(F)F)nc1. The number of nitrogens with one attached hydrogen (secondary N) is 2. The average molecular weight is 347 g/mol. The first kappa shape index (κ1) is 16.9. The van der Waals surface area contributed by atoms with Crippen LogP contribution in [0.2, 0.25) is 5.15 Å². The van der Waals surface area contributed by atoms with E-state index < -0.39 is 29.4 Å². The Kier molecular flexibility index (Phi) is 4.69. The number of carbonyl (C=O) groups is 1. The van der Waals surface area contributed by atoms with E-state index in [0.29, 0.717) is 5.56 Å². The average Bonchev–Trinajstić information content (AvgIpc) is 2.48. The standard InChI is InChI=1S/C13H10ClF3N4O2/c1-6(7-2-3-9(18-5-7)13(15,16)17)19-11(22)8-4-10(14)20-21-12(8)23/h2-6H,1H3,(H,19,22)(H,21,23)/t6-/m1/s1. The number of nitrogens with zero attached hydrogens (tertiary/aromatic N) is 2. The smallest absolute Gasteiger partial charge is 0.345 e. The molecule has 122 valence electrons. The molecule has 0 aliphatic carbocycles. The summed E-state index contributed by atoms with van der Waals surface area (Å²) in [7, 11) is 0. The second-order valence-corrected chi connectivity index (χ2v) is 4.99. The molecule has 0 aromatic carbocycles. The quantitative estimate of drug-likeness (QED) is 0.893. The van der Waals surface area contributed by atoms with Crippen LogP contribution in [0.3, 0.4) is 0 Å². The van der Waals surface area contributed by atoms with Gasteiger partial charge in [0.15, 0.2) is 0 Å². The molecule has 1 atom stereocenters. The van der Waals surface area contributed by atoms with Crippen molar-refractivity contribution in [2.24, 2.45) is 0 Å². The second kappa shape index (κ2) is 6.37. The lowest BCUT2D eigenvalue weighted by atomic mass is 10.1. The zero-order chi connectivity index (χ0) is 17.2. The molecule has 0 saturated carbocycles. The lowest BCUT2D eigenvalue weighted by molar-refractivity contribution is -0.141. The fraction of sp³-hybridized carbons (Fsp3) is 0.231. The van der Waals surface area contributed by atoms with Crippen LogP contribution in [0.5, 0.6) is 0 Å². The molecule has 23 heavy (non-hydrogen) atoms. The normalized spacial score (nSPS) is 12.7. The monoisotopic (exact) mass is 346 g/mol. The van der Waals surface area contributed by atoms with Gasteiger partial charge in [-0.2, -0.15) is 18.3 Å². The molecule has 1 amide bonds. The lowest BCUT2D eigenvalue weighted by Crippen LogP contribution is -2.32. The predicted octanol–water partition coefficient (Wildman–Crippen LogP) is 2.33. The zero-order valence-electron chi connectivity index (χ0n) is 11.6. The molecule has 0 aliphatic rings. The summed E-state index contributed by atoms with van der Waals surface area (Å²) in [6.45, 7) is 1.54. The van der Waals surface area contributed by atoms with E-state index in [1.54, 1.807) is 6.92 Å². The minimum Gasteiger partial charge on any atom is -0.345 e. The number of aromatic amines is 1. The minimum absolute atomic E-state index is 0.0707. The molecule has 2 rings (SSSR count). The molecule has 0 spiro atoms. The number of rotatable bonds is 3. The third-order valence-corrected chi connectivity index (χ3v) is 3.13. The summed E-state index contributed by atoms with van der Waals surface area (Å²) >= 11 is 5.60. The van der Waals surface area contributed by atoms with Gasteiger partial charge in [-0.3, -0.25) is 14.6 Å². The third-order valence-electron chi connectivity index (χ3n) is 2.94. The summed E-state index contributed by atoms with van der Waals surface area (Å²) in [5.41, 5.74) is -1.67. The summed E-state index contributed by atoms with van der Waals surface area (Å²) in [4.78, 5) is 26.8. The number of H-pyrrole nitrogens is 1. The van der Waals surface area contributed by atoms with Crippen molar-refractivity contribution in [3.8, 4) is 0 Å². The molecule has 2 aromatic heterocycles. The Morgan fingerprint density at radius 2 is 2.09 bits per heavy atom. The number of aromatic nitrogens is 3. The number of carbonyl (C=O) groups excluding carboxylic acids is 1. The number of halogens is 4. The maximum Gasteiger partial charge on any atom is 0.433 e. The Morgan fingerprint density at radius 3 is 2.65 bits per heavy atom. The van der Waals surface area contributed by atoms with Gasteiger partial charge >= 0.3 is 6.18 Å². The van der Waals surface area contributed by atoms with Crippen LogP contribution < -0.4 is 10.9 Å². The van der Waals surface area contributed by atoms with Crippen LogP contribution in [0.25, 0.3) is 0 Å². The van der Waals surface area contributed by atoms with E-state index in [9.17, 15) is 22.8 Å². The number of alkyl halides is 3. The summed E-state index contributed by atoms with van der Waals surface area (Å²) in [6.07, 6.45) is -3.52. The first-order valence-corrected chi connectivity index (χ1v) is 6.65. The van der Waals surface area contributed by atoms with Crippen molar-refractivity contribution in [2.45, 2.75) is 19.1 Å². The van der Waals surface area contributed by atoms with Gasteiger partial charge in [0, 0.05) is 6.20 Å². The second-order valence-electron chi connectivity index (χ2n) is 4.60. The van der Waals surface area contributed by atoms with Gasteiger partial charge < -0.3 is 5.32 Å². The van der Waals surface area contributed by atoms with Crippen LogP contribution in [0.15, 0.2) is 29.2 Å². The third kappa shape index (κ3) is 4.07. The van der Waals surface area contributed by atoms with Gasteiger partial charge in [0.25, 0.3) is 11.5 Å². The highest BCUT2D eigenvalue weighted by Crippen LogP contribution is 2.27. The van der Waals surface area contributed by atoms with Crippen molar-refractivity contribution in [2.75, 3.05) is 0 Å². The highest BCUT2D eigenvalue weighted by Gasteiger charge is 2.32. The van der Waals surface area contributed by atoms with E-state index in [-0.39, 0.29) is 10.7 Å². The number of hydrogen-bond donors (Lipinski definition) is 2. The number of pyridine rings is 1. The summed E-state index contributed by atoms with van der Waals surface area (Å²) < 4.78 is 37.3. The fourth-order valence-electron chi connectivity index (χ4n) is 1.74. The van der Waals surface area contributed by atoms with Gasteiger partial charge in [-0.15, -0.1) is 0 Å². The van der Waals surface area contributed by atoms with Crippen molar-refractivity contribution in [3.63, 3.8) is 0 Å². The van der Waals surface area contributed by atoms with Gasteiger partial charge in [-0.25, -0.2) is 5.10 Å². The first-order valence-electron chi connectivity index (χ1n) is 6.27. The highest BCUT2D eigenvalue weighted by atomic mass is 35.5. The molecule has 2 N–H and O–H groups in total. The molecule has 0 unspecified atom stereocenters. The van der Waals surface area contributed by atoms with Gasteiger partial charge in [0.2, 0.25) is 0 Å². The Morgan fingerprint density at radius 1 is 1.39 bits per heavy atom. The lowest BCUT2D eigenvalue weighted by Gasteiger charge is -2.14. The molecule has 2 heterocycles. The maximum absolute atomic E-state index is 12.4. The Balaban J connectivity index is 2.15. The molecule has 0 saturated heterocycles. The first-order chi connectivity index (χ1) is 10.7. The van der Waals surface area contributed by atoms with E-state index in [0.717, 1.165) is 18.3 Å². The zero-order valence-corrected chi connectivity index (χ0v) is 12.4. The van der Waals surface area contributed by atoms with E-state index >= 15 is 0 Å². The molecule has 0 bridgehead atoms. The Hall–Kier alpha value is -2.42. The number of amides is 1. The fourth-order valence-corrected chi connectivity index (χ4v) is 1.89. The molecular formula is C13H10ClF3N4O2. The largest absolute Gasteiger partial charge is 0.433 e. The van der Waals surface area contributed by atoms with Crippen molar-refractivity contribution < 1.29 is 18.0 Å². The summed E-state index contributed by atoms with van der Waals surface area (Å²) in [6, 6.07) is 2.44. The predicted molar refractivity (Wildman–Crippen MR) is 75.0 cm³/mol. The molecule has 0 radical (unpaired) electrons. The molecule has 6 nitrogen and oxygen atoms in total. The van der Waals surface area contributed by atoms with Gasteiger partial charge in [0.1, 0.15) is 16.4 Å². The summed E-state index contributed by atoms with van der Waals surface area (Å²) in [5.74, 6) is -0.733. The van der Waals surface area contributed by atoms with Crippen molar-refractivity contribution >= 4 is 17.5 Å². The molecule has 0 fully saturated rings. The van der Waals surface area contributed by atoms with E-state index in [4.69, 9.17) is 11.6 Å². The van der Waals surface area contributed by atoms with Crippen LogP contribution in [-0.2, 0) is 6.18 Å². The molecule has 0 aliphatic heterocycles. The van der Waals surface area contributed by atoms with Crippen LogP contribution in [0, 0.1) is 0 Å². The minimum atomic E-state index is -4.54. The molecular weight excluding hydrogens is 337 g/mol. The summed E-state index contributed by atoms with van der Waals surface area (Å²) in [5, 5.41) is 7.88. The van der Waals surface area contributed by atoms with Crippen LogP contribution in [0.4, 0.5) is 13.2 Å². The number of hydrogen-bond acceptors (Lipinski definition) is 4. The van der Waals surface area contributed by atoms with Crippen molar-refractivity contribution in [1.82, 2.24) is 20.5 Å². The van der Waals surface area contributed by atoms with E-state index in [1.165, 1.54) is 6.07 Å². The van der Waals surface area contributed by atoms with Gasteiger partial charge in [-0.05, 0) is 24.6 Å². The topological polar surface area (TPSA) is 87.7 Å². The van der Waals surface area contributed by atoms with Crippen LogP contribution >= 0.6 is 11.6 Å². The van der Waals surface area contributed by atoms with E-state index in [2.05, 4.69) is 20.5 Å². The highest BCUT2D eigenvalue weighted by molar-refractivity contribution is 6.29. The van der Waals surface area contributed by atoms with Crippen LogP contribution in [0.1, 0.15) is 34.6 Å². The van der Waals surface area contributed by atoms with Crippen molar-refractivity contribution in [1.29, 1.82) is 0 Å². The van der Waals surface area contributed by atoms with Crippen LogP contribution in [-0.4, -0.2) is 21.1 Å². The Bertz CT molecular complexity index is 774.